The van der Waals surface area contributed by atoms with Gasteiger partial charge in [0.05, 0.1) is 5.69 Å². The van der Waals surface area contributed by atoms with E-state index in [9.17, 15) is 0 Å². The van der Waals surface area contributed by atoms with E-state index < -0.39 is 0 Å². The lowest BCUT2D eigenvalue weighted by atomic mass is 10.2. The molecule has 0 spiro atoms. The van der Waals surface area contributed by atoms with E-state index in [-0.39, 0.29) is 0 Å². The van der Waals surface area contributed by atoms with Crippen LogP contribution in [0.15, 0.2) is 22.7 Å². The zero-order valence-electron chi connectivity index (χ0n) is 10.1. The Morgan fingerprint density at radius 3 is 2.76 bits per heavy atom. The maximum Gasteiger partial charge on any atom is 0.104 e. The van der Waals surface area contributed by atoms with E-state index in [0.29, 0.717) is 4.99 Å². The molecule has 0 amide bonds. The smallest absolute Gasteiger partial charge is 0.104 e. The standard InChI is InChI=1S/C12H17BrN2OS/c1-15(6-3-7-16-2)11-5-4-9(12(14)17)8-10(11)13/h4-5,8H,3,6-7H2,1-2H3,(H2,14,17). The van der Waals surface area contributed by atoms with E-state index in [1.165, 1.54) is 0 Å². The fourth-order valence-electron chi connectivity index (χ4n) is 1.54. The molecule has 2 N–H and O–H groups in total. The Kier molecular flexibility index (Phi) is 5.88. The number of benzene rings is 1. The van der Waals surface area contributed by atoms with Crippen LogP contribution in [0, 0.1) is 0 Å². The summed E-state index contributed by atoms with van der Waals surface area (Å²) in [4.78, 5) is 2.59. The molecule has 0 radical (unpaired) electrons. The van der Waals surface area contributed by atoms with Crippen LogP contribution in [0.5, 0.6) is 0 Å². The van der Waals surface area contributed by atoms with Gasteiger partial charge in [-0.05, 0) is 40.5 Å². The fraction of sp³-hybridized carbons (Fsp3) is 0.417. The predicted octanol–water partition coefficient (Wildman–Crippen LogP) is 2.56. The van der Waals surface area contributed by atoms with Gasteiger partial charge in [-0.15, -0.1) is 0 Å². The Morgan fingerprint density at radius 2 is 2.24 bits per heavy atom. The van der Waals surface area contributed by atoms with Crippen LogP contribution < -0.4 is 10.6 Å². The van der Waals surface area contributed by atoms with E-state index in [1.807, 2.05) is 18.2 Å². The minimum atomic E-state index is 0.416. The van der Waals surface area contributed by atoms with Crippen molar-refractivity contribution in [2.45, 2.75) is 6.42 Å². The number of ether oxygens (including phenoxy) is 1. The highest BCUT2D eigenvalue weighted by Gasteiger charge is 2.07. The predicted molar refractivity (Wildman–Crippen MR) is 79.8 cm³/mol. The Balaban J connectivity index is 2.74. The Labute approximate surface area is 116 Å². The van der Waals surface area contributed by atoms with Crippen LogP contribution in [0.25, 0.3) is 0 Å². The minimum absolute atomic E-state index is 0.416. The molecule has 0 saturated heterocycles. The van der Waals surface area contributed by atoms with Crippen LogP contribution in [-0.4, -0.2) is 32.3 Å². The molecule has 17 heavy (non-hydrogen) atoms. The third-order valence-corrected chi connectivity index (χ3v) is 3.36. The first-order valence-corrected chi connectivity index (χ1v) is 6.56. The van der Waals surface area contributed by atoms with Gasteiger partial charge in [0.25, 0.3) is 0 Å². The Bertz CT molecular complexity index is 398. The summed E-state index contributed by atoms with van der Waals surface area (Å²) in [7, 11) is 3.77. The molecule has 0 heterocycles. The third kappa shape index (κ3) is 4.26. The number of hydrogen-bond acceptors (Lipinski definition) is 3. The molecule has 0 aliphatic carbocycles. The molecule has 5 heteroatoms. The first kappa shape index (κ1) is 14.4. The molecule has 0 atom stereocenters. The van der Waals surface area contributed by atoms with Crippen LogP contribution in [0.1, 0.15) is 12.0 Å². The molecule has 0 aliphatic heterocycles. The van der Waals surface area contributed by atoms with Gasteiger partial charge in [0.2, 0.25) is 0 Å². The number of rotatable bonds is 6. The van der Waals surface area contributed by atoms with E-state index in [2.05, 4.69) is 27.9 Å². The van der Waals surface area contributed by atoms with Gasteiger partial charge in [-0.1, -0.05) is 12.2 Å². The van der Waals surface area contributed by atoms with Gasteiger partial charge in [0, 0.05) is 37.3 Å². The lowest BCUT2D eigenvalue weighted by Crippen LogP contribution is -2.20. The van der Waals surface area contributed by atoms with Gasteiger partial charge in [0.1, 0.15) is 4.99 Å². The maximum absolute atomic E-state index is 5.59. The quantitative estimate of drug-likeness (QED) is 0.646. The fourth-order valence-corrected chi connectivity index (χ4v) is 2.34. The third-order valence-electron chi connectivity index (χ3n) is 2.49. The van der Waals surface area contributed by atoms with E-state index in [1.54, 1.807) is 7.11 Å². The average molecular weight is 317 g/mol. The second kappa shape index (κ2) is 6.93. The minimum Gasteiger partial charge on any atom is -0.389 e. The molecule has 94 valence electrons. The lowest BCUT2D eigenvalue weighted by molar-refractivity contribution is 0.196. The molecule has 0 aromatic heterocycles. The topological polar surface area (TPSA) is 38.5 Å². The summed E-state index contributed by atoms with van der Waals surface area (Å²) in [5.41, 5.74) is 7.59. The number of anilines is 1. The molecule has 0 unspecified atom stereocenters. The van der Waals surface area contributed by atoms with Gasteiger partial charge in [-0.2, -0.15) is 0 Å². The SMILES string of the molecule is COCCCN(C)c1ccc(C(N)=S)cc1Br. The van der Waals surface area contributed by atoms with Crippen molar-refractivity contribution in [3.8, 4) is 0 Å². The van der Waals surface area contributed by atoms with E-state index in [4.69, 9.17) is 22.7 Å². The van der Waals surface area contributed by atoms with Crippen molar-refractivity contribution < 1.29 is 4.74 Å². The number of halogens is 1. The number of nitrogens with two attached hydrogens (primary N) is 1. The van der Waals surface area contributed by atoms with Crippen molar-refractivity contribution >= 4 is 38.8 Å². The van der Waals surface area contributed by atoms with Gasteiger partial charge >= 0.3 is 0 Å². The molecule has 0 saturated carbocycles. The summed E-state index contributed by atoms with van der Waals surface area (Å²) in [6, 6.07) is 5.91. The largest absolute Gasteiger partial charge is 0.389 e. The van der Waals surface area contributed by atoms with Crippen LogP contribution >= 0.6 is 28.1 Å². The summed E-state index contributed by atoms with van der Waals surface area (Å²) >= 11 is 8.48. The number of nitrogens with zero attached hydrogens (tertiary/aromatic N) is 1. The van der Waals surface area contributed by atoms with E-state index >= 15 is 0 Å². The number of thiocarbonyl (C=S) groups is 1. The normalized spacial score (nSPS) is 10.3. The van der Waals surface area contributed by atoms with Crippen LogP contribution in [0.4, 0.5) is 5.69 Å². The number of methoxy groups -OCH3 is 1. The average Bonchev–Trinajstić information content (AvgIpc) is 2.28. The van der Waals surface area contributed by atoms with Crippen molar-refractivity contribution in [3.63, 3.8) is 0 Å². The summed E-state index contributed by atoms with van der Waals surface area (Å²) in [6.45, 7) is 1.71. The van der Waals surface area contributed by atoms with Gasteiger partial charge in [-0.3, -0.25) is 0 Å². The molecule has 0 bridgehead atoms. The molecular formula is C12H17BrN2OS. The van der Waals surface area contributed by atoms with Crippen molar-refractivity contribution in [2.75, 3.05) is 32.2 Å². The number of hydrogen-bond donors (Lipinski definition) is 1. The van der Waals surface area contributed by atoms with E-state index in [0.717, 1.165) is 35.3 Å². The maximum atomic E-state index is 5.59. The van der Waals surface area contributed by atoms with Gasteiger partial charge in [0.15, 0.2) is 0 Å². The van der Waals surface area contributed by atoms with Gasteiger partial charge < -0.3 is 15.4 Å². The van der Waals surface area contributed by atoms with Crippen molar-refractivity contribution in [3.05, 3.63) is 28.2 Å². The molecule has 1 rings (SSSR count). The van der Waals surface area contributed by atoms with Crippen LogP contribution in [-0.2, 0) is 4.74 Å². The van der Waals surface area contributed by atoms with Crippen LogP contribution in [0.2, 0.25) is 0 Å². The molecule has 0 fully saturated rings. The molecule has 1 aromatic carbocycles. The molecule has 1 aromatic rings. The zero-order chi connectivity index (χ0) is 12.8. The van der Waals surface area contributed by atoms with Gasteiger partial charge in [-0.25, -0.2) is 0 Å². The second-order valence-corrected chi connectivity index (χ2v) is 5.09. The summed E-state index contributed by atoms with van der Waals surface area (Å²) in [5, 5.41) is 0. The lowest BCUT2D eigenvalue weighted by Gasteiger charge is -2.21. The summed E-state index contributed by atoms with van der Waals surface area (Å²) in [6.07, 6.45) is 0.997. The second-order valence-electron chi connectivity index (χ2n) is 3.80. The Morgan fingerprint density at radius 1 is 1.53 bits per heavy atom. The summed E-state index contributed by atoms with van der Waals surface area (Å²) in [5.74, 6) is 0. The first-order chi connectivity index (χ1) is 8.06. The summed E-state index contributed by atoms with van der Waals surface area (Å²) < 4.78 is 6.04. The Hall–Kier alpha value is -0.650. The highest BCUT2D eigenvalue weighted by Crippen LogP contribution is 2.26. The molecule has 0 aliphatic rings. The van der Waals surface area contributed by atoms with Crippen molar-refractivity contribution in [1.29, 1.82) is 0 Å². The highest BCUT2D eigenvalue weighted by molar-refractivity contribution is 9.10. The molecular weight excluding hydrogens is 300 g/mol. The first-order valence-electron chi connectivity index (χ1n) is 5.35. The molecule has 3 nitrogen and oxygen atoms in total. The highest BCUT2D eigenvalue weighted by atomic mass is 79.9. The van der Waals surface area contributed by atoms with Crippen LogP contribution in [0.3, 0.4) is 0 Å². The van der Waals surface area contributed by atoms with Crippen molar-refractivity contribution in [1.82, 2.24) is 0 Å². The monoisotopic (exact) mass is 316 g/mol. The zero-order valence-corrected chi connectivity index (χ0v) is 12.5. The van der Waals surface area contributed by atoms with Crippen molar-refractivity contribution in [2.24, 2.45) is 5.73 Å².